The van der Waals surface area contributed by atoms with Crippen LogP contribution in [0.2, 0.25) is 0 Å². The molecule has 0 saturated carbocycles. The van der Waals surface area contributed by atoms with Gasteiger partial charge in [-0.1, -0.05) is 36.4 Å². The van der Waals surface area contributed by atoms with Crippen molar-refractivity contribution in [3.63, 3.8) is 0 Å². The standard InChI is InChI=1S/C18H18N6/c19-16-17(23-22-14-7-2-1-3-8-14)20-12-21-18(16)24-11-10-13-6-4-5-9-15(13)24/h1-9,12,22H,10-11,19H2,(H,20,21,23). The van der Waals surface area contributed by atoms with E-state index in [0.29, 0.717) is 11.5 Å². The van der Waals surface area contributed by atoms with Crippen molar-refractivity contribution in [2.75, 3.05) is 28.0 Å². The van der Waals surface area contributed by atoms with Crippen LogP contribution < -0.4 is 21.5 Å². The van der Waals surface area contributed by atoms with Gasteiger partial charge in [0.1, 0.15) is 12.0 Å². The normalized spacial score (nSPS) is 12.8. The van der Waals surface area contributed by atoms with Crippen molar-refractivity contribution in [2.24, 2.45) is 0 Å². The summed E-state index contributed by atoms with van der Waals surface area (Å²) in [5.74, 6) is 1.29. The summed E-state index contributed by atoms with van der Waals surface area (Å²) in [6.45, 7) is 0.867. The Morgan fingerprint density at radius 1 is 0.917 bits per heavy atom. The first-order chi connectivity index (χ1) is 11.8. The van der Waals surface area contributed by atoms with E-state index in [1.807, 2.05) is 36.4 Å². The maximum Gasteiger partial charge on any atom is 0.173 e. The Balaban J connectivity index is 1.60. The summed E-state index contributed by atoms with van der Waals surface area (Å²) >= 11 is 0. The van der Waals surface area contributed by atoms with Crippen LogP contribution in [0.3, 0.4) is 0 Å². The number of hydrogen-bond acceptors (Lipinski definition) is 6. The zero-order valence-corrected chi connectivity index (χ0v) is 13.1. The van der Waals surface area contributed by atoms with Crippen molar-refractivity contribution in [2.45, 2.75) is 6.42 Å². The Morgan fingerprint density at radius 3 is 2.58 bits per heavy atom. The number of para-hydroxylation sites is 2. The number of nitrogens with one attached hydrogen (secondary N) is 2. The van der Waals surface area contributed by atoms with E-state index in [0.717, 1.165) is 30.2 Å². The molecule has 4 rings (SSSR count). The van der Waals surface area contributed by atoms with Crippen molar-refractivity contribution >= 4 is 28.7 Å². The predicted octanol–water partition coefficient (Wildman–Crippen LogP) is 3.19. The highest BCUT2D eigenvalue weighted by Crippen LogP contribution is 2.37. The Morgan fingerprint density at radius 2 is 1.71 bits per heavy atom. The molecule has 0 amide bonds. The zero-order chi connectivity index (χ0) is 16.4. The van der Waals surface area contributed by atoms with Gasteiger partial charge in [-0.25, -0.2) is 9.97 Å². The molecule has 4 N–H and O–H groups in total. The first-order valence-electron chi connectivity index (χ1n) is 7.86. The van der Waals surface area contributed by atoms with Crippen LogP contribution >= 0.6 is 0 Å². The highest BCUT2D eigenvalue weighted by atomic mass is 15.4. The lowest BCUT2D eigenvalue weighted by Gasteiger charge is -2.21. The van der Waals surface area contributed by atoms with Gasteiger partial charge in [-0.05, 0) is 30.2 Å². The van der Waals surface area contributed by atoms with Crippen molar-refractivity contribution in [3.05, 3.63) is 66.5 Å². The number of nitrogen functional groups attached to an aromatic ring is 1. The van der Waals surface area contributed by atoms with Crippen LogP contribution in [0, 0.1) is 0 Å². The van der Waals surface area contributed by atoms with Gasteiger partial charge >= 0.3 is 0 Å². The van der Waals surface area contributed by atoms with Crippen LogP contribution in [-0.2, 0) is 6.42 Å². The highest BCUT2D eigenvalue weighted by Gasteiger charge is 2.23. The number of hydrogen-bond donors (Lipinski definition) is 3. The van der Waals surface area contributed by atoms with Gasteiger partial charge in [0.25, 0.3) is 0 Å². The van der Waals surface area contributed by atoms with Crippen molar-refractivity contribution in [3.8, 4) is 0 Å². The third kappa shape index (κ3) is 2.58. The van der Waals surface area contributed by atoms with Crippen LogP contribution in [-0.4, -0.2) is 16.5 Å². The molecule has 24 heavy (non-hydrogen) atoms. The minimum absolute atomic E-state index is 0.526. The van der Waals surface area contributed by atoms with Crippen LogP contribution in [0.25, 0.3) is 0 Å². The maximum absolute atomic E-state index is 6.32. The Hall–Kier alpha value is -3.28. The fourth-order valence-corrected chi connectivity index (χ4v) is 2.91. The summed E-state index contributed by atoms with van der Waals surface area (Å²) in [4.78, 5) is 10.8. The molecule has 0 saturated heterocycles. The molecule has 0 unspecified atom stereocenters. The number of benzene rings is 2. The summed E-state index contributed by atoms with van der Waals surface area (Å²) in [6, 6.07) is 18.1. The monoisotopic (exact) mass is 318 g/mol. The first kappa shape index (κ1) is 14.3. The van der Waals surface area contributed by atoms with Crippen molar-refractivity contribution in [1.29, 1.82) is 0 Å². The molecule has 1 aliphatic heterocycles. The number of anilines is 5. The minimum atomic E-state index is 0.526. The van der Waals surface area contributed by atoms with Gasteiger partial charge < -0.3 is 10.6 Å². The highest BCUT2D eigenvalue weighted by molar-refractivity contribution is 5.81. The van der Waals surface area contributed by atoms with Gasteiger partial charge in [0.05, 0.1) is 5.69 Å². The zero-order valence-electron chi connectivity index (χ0n) is 13.1. The van der Waals surface area contributed by atoms with E-state index in [2.05, 4.69) is 43.9 Å². The average Bonchev–Trinajstić information content (AvgIpc) is 3.06. The van der Waals surface area contributed by atoms with E-state index in [1.165, 1.54) is 11.9 Å². The minimum Gasteiger partial charge on any atom is -0.393 e. The largest absolute Gasteiger partial charge is 0.393 e. The molecular formula is C18H18N6. The Kier molecular flexibility index (Phi) is 3.63. The topological polar surface area (TPSA) is 79.1 Å². The number of nitrogens with zero attached hydrogens (tertiary/aromatic N) is 3. The van der Waals surface area contributed by atoms with Crippen LogP contribution in [0.4, 0.5) is 28.7 Å². The van der Waals surface area contributed by atoms with Crippen LogP contribution in [0.1, 0.15) is 5.56 Å². The summed E-state index contributed by atoms with van der Waals surface area (Å²) in [5.41, 5.74) is 16.4. The van der Waals surface area contributed by atoms with Gasteiger partial charge in [-0.15, -0.1) is 0 Å². The molecule has 120 valence electrons. The van der Waals surface area contributed by atoms with Gasteiger partial charge in [0.15, 0.2) is 11.6 Å². The molecule has 6 nitrogen and oxygen atoms in total. The van der Waals surface area contributed by atoms with E-state index in [1.54, 1.807) is 0 Å². The van der Waals surface area contributed by atoms with E-state index >= 15 is 0 Å². The first-order valence-corrected chi connectivity index (χ1v) is 7.86. The predicted molar refractivity (Wildman–Crippen MR) is 97.3 cm³/mol. The van der Waals surface area contributed by atoms with Crippen molar-refractivity contribution < 1.29 is 0 Å². The second-order valence-electron chi connectivity index (χ2n) is 5.61. The Labute approximate surface area is 140 Å². The molecule has 0 fully saturated rings. The van der Waals surface area contributed by atoms with E-state index in [9.17, 15) is 0 Å². The molecule has 1 aromatic heterocycles. The lowest BCUT2D eigenvalue weighted by atomic mass is 10.2. The van der Waals surface area contributed by atoms with Crippen molar-refractivity contribution in [1.82, 2.24) is 9.97 Å². The molecule has 2 aromatic carbocycles. The fourth-order valence-electron chi connectivity index (χ4n) is 2.91. The summed E-state index contributed by atoms with van der Waals surface area (Å²) < 4.78 is 0. The SMILES string of the molecule is Nc1c(NNc2ccccc2)ncnc1N1CCc2ccccc21. The molecule has 6 heteroatoms. The molecule has 0 atom stereocenters. The summed E-state index contributed by atoms with van der Waals surface area (Å²) in [7, 11) is 0. The molecular weight excluding hydrogens is 300 g/mol. The third-order valence-electron chi connectivity index (χ3n) is 4.10. The molecule has 0 radical (unpaired) electrons. The molecule has 2 heterocycles. The number of rotatable bonds is 4. The second kappa shape index (κ2) is 6.08. The van der Waals surface area contributed by atoms with Gasteiger partial charge in [0.2, 0.25) is 0 Å². The van der Waals surface area contributed by atoms with Gasteiger partial charge in [0, 0.05) is 12.2 Å². The number of hydrazine groups is 1. The fraction of sp³-hybridized carbons (Fsp3) is 0.111. The van der Waals surface area contributed by atoms with E-state index in [-0.39, 0.29) is 0 Å². The average molecular weight is 318 g/mol. The Bertz CT molecular complexity index is 849. The molecule has 3 aromatic rings. The van der Waals surface area contributed by atoms with Crippen LogP contribution in [0.15, 0.2) is 60.9 Å². The molecule has 1 aliphatic rings. The maximum atomic E-state index is 6.32. The summed E-state index contributed by atoms with van der Waals surface area (Å²) in [5, 5.41) is 0. The number of nitrogens with two attached hydrogens (primary N) is 1. The molecule has 0 aliphatic carbocycles. The van der Waals surface area contributed by atoms with Crippen LogP contribution in [0.5, 0.6) is 0 Å². The van der Waals surface area contributed by atoms with E-state index in [4.69, 9.17) is 5.73 Å². The van der Waals surface area contributed by atoms with E-state index < -0.39 is 0 Å². The summed E-state index contributed by atoms with van der Waals surface area (Å²) in [6.07, 6.45) is 2.52. The lowest BCUT2D eigenvalue weighted by Crippen LogP contribution is -2.19. The molecule has 0 spiro atoms. The van der Waals surface area contributed by atoms with Gasteiger partial charge in [-0.3, -0.25) is 10.9 Å². The number of fused-ring (bicyclic) bond motifs is 1. The molecule has 0 bridgehead atoms. The quantitative estimate of drug-likeness (QED) is 0.641. The second-order valence-corrected chi connectivity index (χ2v) is 5.61. The van der Waals surface area contributed by atoms with Gasteiger partial charge in [-0.2, -0.15) is 0 Å². The third-order valence-corrected chi connectivity index (χ3v) is 4.10. The number of aromatic nitrogens is 2. The lowest BCUT2D eigenvalue weighted by molar-refractivity contribution is 0.967. The smallest absolute Gasteiger partial charge is 0.173 e.